The number of para-hydroxylation sites is 1. The van der Waals surface area contributed by atoms with Gasteiger partial charge in [0.1, 0.15) is 6.04 Å². The van der Waals surface area contributed by atoms with Crippen molar-refractivity contribution in [1.82, 2.24) is 10.3 Å². The molecular weight excluding hydrogens is 268 g/mol. The zero-order valence-corrected chi connectivity index (χ0v) is 12.2. The first-order valence-electron chi connectivity index (χ1n) is 7.10. The van der Waals surface area contributed by atoms with E-state index in [0.29, 0.717) is 6.42 Å². The number of hydrogen-bond donors (Lipinski definition) is 3. The second-order valence-corrected chi connectivity index (χ2v) is 5.31. The molecule has 0 aliphatic rings. The van der Waals surface area contributed by atoms with Crippen molar-refractivity contribution in [2.45, 2.75) is 32.7 Å². The summed E-state index contributed by atoms with van der Waals surface area (Å²) >= 11 is 0. The van der Waals surface area contributed by atoms with Gasteiger partial charge in [-0.25, -0.2) is 4.79 Å². The first kappa shape index (κ1) is 15.1. The summed E-state index contributed by atoms with van der Waals surface area (Å²) in [6.45, 7) is 3.73. The van der Waals surface area contributed by atoms with E-state index in [-0.39, 0.29) is 18.2 Å². The quantitative estimate of drug-likeness (QED) is 0.763. The van der Waals surface area contributed by atoms with Gasteiger partial charge < -0.3 is 15.4 Å². The van der Waals surface area contributed by atoms with E-state index in [2.05, 4.69) is 10.3 Å². The Kier molecular flexibility index (Phi) is 4.62. The minimum Gasteiger partial charge on any atom is -0.480 e. The van der Waals surface area contributed by atoms with Gasteiger partial charge in [0.2, 0.25) is 5.91 Å². The highest BCUT2D eigenvalue weighted by Gasteiger charge is 2.25. The molecule has 0 aliphatic heterocycles. The monoisotopic (exact) mass is 288 g/mol. The molecule has 2 aromatic rings. The van der Waals surface area contributed by atoms with Crippen molar-refractivity contribution in [3.63, 3.8) is 0 Å². The molecule has 0 fully saturated rings. The first-order valence-corrected chi connectivity index (χ1v) is 7.10. The molecule has 0 aliphatic carbocycles. The van der Waals surface area contributed by atoms with Crippen LogP contribution in [0.1, 0.15) is 25.8 Å². The van der Waals surface area contributed by atoms with Crippen LogP contribution in [0.3, 0.4) is 0 Å². The van der Waals surface area contributed by atoms with Gasteiger partial charge in [-0.3, -0.25) is 4.79 Å². The van der Waals surface area contributed by atoms with E-state index in [1.165, 1.54) is 0 Å². The summed E-state index contributed by atoms with van der Waals surface area (Å²) in [5.74, 6) is -1.36. The number of carboxylic acids is 1. The average Bonchev–Trinajstić information content (AvgIpc) is 2.87. The van der Waals surface area contributed by atoms with Crippen LogP contribution in [0.5, 0.6) is 0 Å². The maximum atomic E-state index is 12.1. The molecule has 0 spiro atoms. The number of carbonyl (C=O) groups is 2. The van der Waals surface area contributed by atoms with Crippen LogP contribution in [0, 0.1) is 5.92 Å². The summed E-state index contributed by atoms with van der Waals surface area (Å²) in [6.07, 6.45) is 2.66. The van der Waals surface area contributed by atoms with Crippen LogP contribution >= 0.6 is 0 Å². The normalized spacial score (nSPS) is 13.8. The number of amides is 1. The Morgan fingerprint density at radius 3 is 2.71 bits per heavy atom. The van der Waals surface area contributed by atoms with Crippen LogP contribution in [0.25, 0.3) is 10.9 Å². The fourth-order valence-electron chi connectivity index (χ4n) is 2.36. The highest BCUT2D eigenvalue weighted by Crippen LogP contribution is 2.18. The smallest absolute Gasteiger partial charge is 0.326 e. The molecule has 1 amide bonds. The summed E-state index contributed by atoms with van der Waals surface area (Å²) in [7, 11) is 0. The maximum Gasteiger partial charge on any atom is 0.326 e. The molecule has 21 heavy (non-hydrogen) atoms. The first-order chi connectivity index (χ1) is 10.0. The van der Waals surface area contributed by atoms with Crippen molar-refractivity contribution in [1.29, 1.82) is 0 Å². The number of fused-ring (bicyclic) bond motifs is 1. The number of carbonyl (C=O) groups excluding carboxylic acids is 1. The van der Waals surface area contributed by atoms with E-state index >= 15 is 0 Å². The molecule has 2 rings (SSSR count). The maximum absolute atomic E-state index is 12.1. The minimum absolute atomic E-state index is 0.102. The van der Waals surface area contributed by atoms with Gasteiger partial charge in [0, 0.05) is 17.1 Å². The molecule has 3 N–H and O–H groups in total. The van der Waals surface area contributed by atoms with Crippen LogP contribution in [0.15, 0.2) is 30.5 Å². The van der Waals surface area contributed by atoms with Gasteiger partial charge in [-0.2, -0.15) is 0 Å². The third-order valence-electron chi connectivity index (χ3n) is 3.82. The number of benzene rings is 1. The van der Waals surface area contributed by atoms with Crippen molar-refractivity contribution in [2.75, 3.05) is 0 Å². The van der Waals surface area contributed by atoms with Crippen LogP contribution in [-0.2, 0) is 16.0 Å². The van der Waals surface area contributed by atoms with E-state index < -0.39 is 12.0 Å². The number of nitrogens with one attached hydrogen (secondary N) is 2. The van der Waals surface area contributed by atoms with E-state index in [1.807, 2.05) is 38.1 Å². The third-order valence-corrected chi connectivity index (χ3v) is 3.82. The van der Waals surface area contributed by atoms with Crippen molar-refractivity contribution < 1.29 is 14.7 Å². The summed E-state index contributed by atoms with van der Waals surface area (Å²) in [6, 6.07) is 6.88. The average molecular weight is 288 g/mol. The van der Waals surface area contributed by atoms with E-state index in [0.717, 1.165) is 16.5 Å². The van der Waals surface area contributed by atoms with Gasteiger partial charge in [-0.05, 0) is 17.5 Å². The zero-order valence-electron chi connectivity index (χ0n) is 12.2. The number of carboxylic acid groups (broad SMARTS) is 1. The van der Waals surface area contributed by atoms with Gasteiger partial charge in [-0.15, -0.1) is 0 Å². The van der Waals surface area contributed by atoms with Crippen molar-refractivity contribution in [2.24, 2.45) is 5.92 Å². The van der Waals surface area contributed by atoms with Crippen LogP contribution in [-0.4, -0.2) is 28.0 Å². The SMILES string of the molecule is CCC(C)C(NC(=O)Cc1c[nH]c2ccccc12)C(=O)O. The molecule has 1 aromatic carbocycles. The third kappa shape index (κ3) is 3.42. The molecule has 0 saturated heterocycles. The van der Waals surface area contributed by atoms with Crippen LogP contribution in [0.2, 0.25) is 0 Å². The van der Waals surface area contributed by atoms with Crippen LogP contribution in [0.4, 0.5) is 0 Å². The standard InChI is InChI=1S/C16H20N2O3/c1-3-10(2)15(16(20)21)18-14(19)8-11-9-17-13-7-5-4-6-12(11)13/h4-7,9-10,15,17H,3,8H2,1-2H3,(H,18,19)(H,20,21). The number of H-pyrrole nitrogens is 1. The molecule has 1 heterocycles. The second-order valence-electron chi connectivity index (χ2n) is 5.31. The molecule has 2 atom stereocenters. The Morgan fingerprint density at radius 1 is 1.33 bits per heavy atom. The number of aliphatic carboxylic acids is 1. The Bertz CT molecular complexity index is 648. The molecule has 2 unspecified atom stereocenters. The number of aromatic nitrogens is 1. The summed E-state index contributed by atoms with van der Waals surface area (Å²) in [5, 5.41) is 12.8. The predicted molar refractivity (Wildman–Crippen MR) is 81.0 cm³/mol. The molecule has 0 radical (unpaired) electrons. The number of hydrogen-bond acceptors (Lipinski definition) is 2. The predicted octanol–water partition coefficient (Wildman–Crippen LogP) is 2.33. The van der Waals surface area contributed by atoms with Gasteiger partial charge in [0.15, 0.2) is 0 Å². The van der Waals surface area contributed by atoms with Gasteiger partial charge in [-0.1, -0.05) is 38.5 Å². The van der Waals surface area contributed by atoms with Crippen molar-refractivity contribution in [3.8, 4) is 0 Å². The van der Waals surface area contributed by atoms with Gasteiger partial charge >= 0.3 is 5.97 Å². The lowest BCUT2D eigenvalue weighted by molar-refractivity contribution is -0.143. The summed E-state index contributed by atoms with van der Waals surface area (Å²) in [5.41, 5.74) is 1.84. The van der Waals surface area contributed by atoms with Crippen LogP contribution < -0.4 is 5.32 Å². The lowest BCUT2D eigenvalue weighted by Crippen LogP contribution is -2.45. The highest BCUT2D eigenvalue weighted by atomic mass is 16.4. The molecule has 1 aromatic heterocycles. The van der Waals surface area contributed by atoms with E-state index in [4.69, 9.17) is 0 Å². The Balaban J connectivity index is 2.09. The minimum atomic E-state index is -0.989. The fraction of sp³-hybridized carbons (Fsp3) is 0.375. The van der Waals surface area contributed by atoms with E-state index in [1.54, 1.807) is 6.20 Å². The Hall–Kier alpha value is -2.30. The molecule has 5 heteroatoms. The summed E-state index contributed by atoms with van der Waals surface area (Å²) < 4.78 is 0. The largest absolute Gasteiger partial charge is 0.480 e. The Morgan fingerprint density at radius 2 is 2.05 bits per heavy atom. The van der Waals surface area contributed by atoms with Crippen molar-refractivity contribution >= 4 is 22.8 Å². The fourth-order valence-corrected chi connectivity index (χ4v) is 2.36. The van der Waals surface area contributed by atoms with E-state index in [9.17, 15) is 14.7 Å². The Labute approximate surface area is 123 Å². The second kappa shape index (κ2) is 6.43. The lowest BCUT2D eigenvalue weighted by atomic mass is 9.99. The van der Waals surface area contributed by atoms with Gasteiger partial charge in [0.25, 0.3) is 0 Å². The van der Waals surface area contributed by atoms with Gasteiger partial charge in [0.05, 0.1) is 6.42 Å². The topological polar surface area (TPSA) is 82.2 Å². The molecule has 5 nitrogen and oxygen atoms in total. The zero-order chi connectivity index (χ0) is 15.4. The summed E-state index contributed by atoms with van der Waals surface area (Å²) in [4.78, 5) is 26.4. The molecule has 0 saturated carbocycles. The molecule has 0 bridgehead atoms. The molecular formula is C16H20N2O3. The number of rotatable bonds is 6. The molecule has 112 valence electrons. The highest BCUT2D eigenvalue weighted by molar-refractivity contribution is 5.90. The number of aromatic amines is 1. The van der Waals surface area contributed by atoms with Crippen molar-refractivity contribution in [3.05, 3.63) is 36.0 Å². The lowest BCUT2D eigenvalue weighted by Gasteiger charge is -2.20.